The Morgan fingerprint density at radius 1 is 1.62 bits per heavy atom. The van der Waals surface area contributed by atoms with E-state index in [4.69, 9.17) is 4.42 Å². The monoisotopic (exact) mass is 178 g/mol. The highest BCUT2D eigenvalue weighted by atomic mass is 16.3. The molecule has 13 heavy (non-hydrogen) atoms. The molecular weight excluding hydrogens is 164 g/mol. The number of furan rings is 1. The molecule has 0 aromatic carbocycles. The molecule has 0 bridgehead atoms. The predicted molar refractivity (Wildman–Crippen MR) is 49.7 cm³/mol. The van der Waals surface area contributed by atoms with Gasteiger partial charge in [0.15, 0.2) is 5.76 Å². The van der Waals surface area contributed by atoms with Gasteiger partial charge in [-0.25, -0.2) is 0 Å². The minimum atomic E-state index is 0.187. The van der Waals surface area contributed by atoms with Crippen LogP contribution in [-0.2, 0) is 6.42 Å². The van der Waals surface area contributed by atoms with Gasteiger partial charge in [-0.1, -0.05) is 13.8 Å². The Hall–Kier alpha value is -1.05. The lowest BCUT2D eigenvalue weighted by atomic mass is 10.2. The fourth-order valence-electron chi connectivity index (χ4n) is 1.57. The Morgan fingerprint density at radius 2 is 2.31 bits per heavy atom. The highest BCUT2D eigenvalue weighted by Crippen LogP contribution is 2.40. The highest BCUT2D eigenvalue weighted by Gasteiger charge is 2.40. The van der Waals surface area contributed by atoms with Crippen molar-refractivity contribution in [1.82, 2.24) is 0 Å². The fraction of sp³-hybridized carbons (Fsp3) is 0.545. The topological polar surface area (TPSA) is 30.2 Å². The molecule has 0 spiro atoms. The smallest absolute Gasteiger partial charge is 0.201 e. The summed E-state index contributed by atoms with van der Waals surface area (Å²) in [7, 11) is 0. The van der Waals surface area contributed by atoms with Crippen LogP contribution in [0.5, 0.6) is 0 Å². The lowest BCUT2D eigenvalue weighted by Gasteiger charge is -1.93. The van der Waals surface area contributed by atoms with E-state index in [1.807, 2.05) is 13.0 Å². The normalized spacial score (nSPS) is 26.0. The summed E-state index contributed by atoms with van der Waals surface area (Å²) in [6, 6.07) is 3.69. The van der Waals surface area contributed by atoms with Crippen LogP contribution in [0.15, 0.2) is 16.5 Å². The number of Topliss-reactive ketones (excluding diaryl/α,β-unsaturated/α-hetero) is 1. The molecule has 1 aliphatic carbocycles. The van der Waals surface area contributed by atoms with E-state index in [1.165, 1.54) is 0 Å². The van der Waals surface area contributed by atoms with Gasteiger partial charge in [-0.2, -0.15) is 0 Å². The number of hydrogen-bond donors (Lipinski definition) is 0. The molecule has 1 fully saturated rings. The van der Waals surface area contributed by atoms with Gasteiger partial charge < -0.3 is 4.42 Å². The lowest BCUT2D eigenvalue weighted by Crippen LogP contribution is -2.00. The molecule has 1 heterocycles. The zero-order valence-electron chi connectivity index (χ0n) is 8.04. The van der Waals surface area contributed by atoms with E-state index >= 15 is 0 Å². The van der Waals surface area contributed by atoms with Crippen molar-refractivity contribution in [2.45, 2.75) is 26.7 Å². The van der Waals surface area contributed by atoms with Gasteiger partial charge >= 0.3 is 0 Å². The molecule has 2 heteroatoms. The Bertz CT molecular complexity index is 325. The van der Waals surface area contributed by atoms with Gasteiger partial charge in [0.2, 0.25) is 5.78 Å². The van der Waals surface area contributed by atoms with Gasteiger partial charge in [-0.3, -0.25) is 4.79 Å². The third-order valence-electron chi connectivity index (χ3n) is 2.70. The van der Waals surface area contributed by atoms with E-state index in [0.717, 1.165) is 18.6 Å². The number of ketones is 1. The first kappa shape index (κ1) is 8.54. The average molecular weight is 178 g/mol. The summed E-state index contributed by atoms with van der Waals surface area (Å²) in [6.07, 6.45) is 1.88. The van der Waals surface area contributed by atoms with E-state index in [0.29, 0.717) is 11.7 Å². The molecule has 0 radical (unpaired) electrons. The number of carbonyl (C=O) groups is 1. The Morgan fingerprint density at radius 3 is 2.77 bits per heavy atom. The largest absolute Gasteiger partial charge is 0.458 e. The molecule has 0 N–H and O–H groups in total. The fourth-order valence-corrected chi connectivity index (χ4v) is 1.57. The minimum Gasteiger partial charge on any atom is -0.458 e. The summed E-state index contributed by atoms with van der Waals surface area (Å²) in [6.45, 7) is 4.12. The van der Waals surface area contributed by atoms with Gasteiger partial charge in [0.25, 0.3) is 0 Å². The zero-order valence-corrected chi connectivity index (χ0v) is 8.04. The molecule has 0 saturated heterocycles. The number of aryl methyl sites for hydroxylation is 1. The molecule has 1 aromatic heterocycles. The van der Waals surface area contributed by atoms with E-state index < -0.39 is 0 Å². The molecule has 0 amide bonds. The summed E-state index contributed by atoms with van der Waals surface area (Å²) in [5.74, 6) is 2.42. The van der Waals surface area contributed by atoms with Crippen molar-refractivity contribution in [1.29, 1.82) is 0 Å². The molecule has 70 valence electrons. The Balaban J connectivity index is 2.11. The van der Waals surface area contributed by atoms with Crippen LogP contribution in [0, 0.1) is 11.8 Å². The van der Waals surface area contributed by atoms with Gasteiger partial charge in [0, 0.05) is 12.3 Å². The SMILES string of the molecule is CCc1ccc(C(=O)C2CC2C)o1. The van der Waals surface area contributed by atoms with E-state index in [1.54, 1.807) is 6.07 Å². The van der Waals surface area contributed by atoms with E-state index in [9.17, 15) is 4.79 Å². The van der Waals surface area contributed by atoms with Gasteiger partial charge in [0.05, 0.1) is 0 Å². The Labute approximate surface area is 77.9 Å². The van der Waals surface area contributed by atoms with Gasteiger partial charge in [-0.05, 0) is 24.5 Å². The minimum absolute atomic E-state index is 0.187. The zero-order chi connectivity index (χ0) is 9.42. The second kappa shape index (κ2) is 3.02. The molecule has 1 aromatic rings. The van der Waals surface area contributed by atoms with Crippen molar-refractivity contribution in [3.05, 3.63) is 23.7 Å². The van der Waals surface area contributed by atoms with Crippen LogP contribution in [0.25, 0.3) is 0 Å². The number of rotatable bonds is 3. The summed E-state index contributed by atoms with van der Waals surface area (Å²) in [5, 5.41) is 0. The van der Waals surface area contributed by atoms with Crippen LogP contribution in [0.3, 0.4) is 0 Å². The first-order chi connectivity index (χ1) is 6.22. The predicted octanol–water partition coefficient (Wildman–Crippen LogP) is 2.68. The van der Waals surface area contributed by atoms with Gasteiger partial charge in [-0.15, -0.1) is 0 Å². The number of hydrogen-bond acceptors (Lipinski definition) is 2. The molecule has 2 atom stereocenters. The van der Waals surface area contributed by atoms with Crippen molar-refractivity contribution in [3.8, 4) is 0 Å². The molecule has 1 aliphatic rings. The maximum Gasteiger partial charge on any atom is 0.201 e. The van der Waals surface area contributed by atoms with Crippen LogP contribution in [0.1, 0.15) is 36.6 Å². The van der Waals surface area contributed by atoms with Gasteiger partial charge in [0.1, 0.15) is 5.76 Å². The summed E-state index contributed by atoms with van der Waals surface area (Å²) in [5.41, 5.74) is 0. The van der Waals surface area contributed by atoms with Crippen LogP contribution < -0.4 is 0 Å². The maximum absolute atomic E-state index is 11.7. The van der Waals surface area contributed by atoms with Crippen molar-refractivity contribution in [2.24, 2.45) is 11.8 Å². The third-order valence-corrected chi connectivity index (χ3v) is 2.70. The van der Waals surface area contributed by atoms with Crippen LogP contribution in [0.2, 0.25) is 0 Å². The van der Waals surface area contributed by atoms with Crippen molar-refractivity contribution >= 4 is 5.78 Å². The lowest BCUT2D eigenvalue weighted by molar-refractivity contribution is 0.0933. The second-order valence-corrected chi connectivity index (χ2v) is 3.80. The van der Waals surface area contributed by atoms with Crippen molar-refractivity contribution < 1.29 is 9.21 Å². The first-order valence-electron chi connectivity index (χ1n) is 4.85. The van der Waals surface area contributed by atoms with Crippen molar-refractivity contribution in [2.75, 3.05) is 0 Å². The second-order valence-electron chi connectivity index (χ2n) is 3.80. The van der Waals surface area contributed by atoms with E-state index in [2.05, 4.69) is 6.92 Å². The first-order valence-corrected chi connectivity index (χ1v) is 4.85. The third kappa shape index (κ3) is 1.53. The summed E-state index contributed by atoms with van der Waals surface area (Å²) < 4.78 is 5.39. The molecule has 2 unspecified atom stereocenters. The molecule has 2 nitrogen and oxygen atoms in total. The molecule has 1 saturated carbocycles. The number of carbonyl (C=O) groups excluding carboxylic acids is 1. The average Bonchev–Trinajstić information content (AvgIpc) is 2.70. The highest BCUT2D eigenvalue weighted by molar-refractivity contribution is 5.97. The summed E-state index contributed by atoms with van der Waals surface area (Å²) in [4.78, 5) is 11.7. The van der Waals surface area contributed by atoms with E-state index in [-0.39, 0.29) is 11.7 Å². The Kier molecular flexibility index (Phi) is 1.98. The molecule has 2 rings (SSSR count). The van der Waals surface area contributed by atoms with Crippen LogP contribution in [-0.4, -0.2) is 5.78 Å². The molecule has 0 aliphatic heterocycles. The van der Waals surface area contributed by atoms with Crippen LogP contribution in [0.4, 0.5) is 0 Å². The summed E-state index contributed by atoms with van der Waals surface area (Å²) >= 11 is 0. The quantitative estimate of drug-likeness (QED) is 0.666. The van der Waals surface area contributed by atoms with Crippen LogP contribution >= 0.6 is 0 Å². The standard InChI is InChI=1S/C11H14O2/c1-3-8-4-5-10(13-8)11(12)9-6-7(9)2/h4-5,7,9H,3,6H2,1-2H3. The maximum atomic E-state index is 11.7. The molecular formula is C11H14O2. The van der Waals surface area contributed by atoms with Crippen molar-refractivity contribution in [3.63, 3.8) is 0 Å².